The fraction of sp³-hybridized carbons (Fsp3) is 0.0732. The van der Waals surface area contributed by atoms with Crippen molar-refractivity contribution in [2.45, 2.75) is 19.3 Å². The molecule has 2 nitrogen and oxygen atoms in total. The second kappa shape index (κ2) is 9.89. The number of fused-ring (bicyclic) bond motifs is 5. The molecule has 204 valence electrons. The fourth-order valence-electron chi connectivity index (χ4n) is 6.70. The summed E-state index contributed by atoms with van der Waals surface area (Å²) in [6, 6.07) is 51.6. The van der Waals surface area contributed by atoms with Crippen molar-refractivity contribution in [2.24, 2.45) is 0 Å². The van der Waals surface area contributed by atoms with Gasteiger partial charge in [-0.2, -0.15) is 0 Å². The van der Waals surface area contributed by atoms with Gasteiger partial charge in [0, 0.05) is 21.9 Å². The van der Waals surface area contributed by atoms with Crippen LogP contribution in [0.5, 0.6) is 0 Å². The van der Waals surface area contributed by atoms with E-state index in [0.717, 1.165) is 39.1 Å². The molecule has 0 bridgehead atoms. The second-order valence-electron chi connectivity index (χ2n) is 11.8. The summed E-state index contributed by atoms with van der Waals surface area (Å²) in [6.45, 7) is 4.64. The van der Waals surface area contributed by atoms with Gasteiger partial charge in [-0.3, -0.25) is 0 Å². The molecule has 0 amide bonds. The minimum absolute atomic E-state index is 0.0879. The van der Waals surface area contributed by atoms with E-state index < -0.39 is 0 Å². The van der Waals surface area contributed by atoms with Crippen LogP contribution in [0.4, 0.5) is 0 Å². The standard InChI is InChI=1S/C41H30N2/c1-41(2)34-22-10-9-21-33(34)37-35(41)23-24-36-38(37)39(28-15-7-4-8-16-28)43-40(42-36)32-20-12-19-31(26-32)30-18-11-17-29(25-30)27-13-5-3-6-14-27/h3-26H,1-2H3. The Morgan fingerprint density at radius 1 is 0.442 bits per heavy atom. The zero-order valence-electron chi connectivity index (χ0n) is 24.3. The average molecular weight is 551 g/mol. The lowest BCUT2D eigenvalue weighted by atomic mass is 9.82. The number of aromatic nitrogens is 2. The van der Waals surface area contributed by atoms with Crippen LogP contribution in [0, 0.1) is 0 Å². The third kappa shape index (κ3) is 4.18. The number of hydrogen-bond acceptors (Lipinski definition) is 2. The first-order valence-corrected chi connectivity index (χ1v) is 14.8. The van der Waals surface area contributed by atoms with E-state index in [4.69, 9.17) is 9.97 Å². The average Bonchev–Trinajstić information content (AvgIpc) is 3.31. The molecule has 0 aliphatic heterocycles. The second-order valence-corrected chi connectivity index (χ2v) is 11.8. The lowest BCUT2D eigenvalue weighted by molar-refractivity contribution is 0.661. The van der Waals surface area contributed by atoms with Crippen LogP contribution >= 0.6 is 0 Å². The predicted molar refractivity (Wildman–Crippen MR) is 179 cm³/mol. The summed E-state index contributed by atoms with van der Waals surface area (Å²) in [5.41, 5.74) is 13.9. The molecule has 8 rings (SSSR count). The molecule has 43 heavy (non-hydrogen) atoms. The highest BCUT2D eigenvalue weighted by atomic mass is 14.9. The van der Waals surface area contributed by atoms with Crippen molar-refractivity contribution in [2.75, 3.05) is 0 Å². The van der Waals surface area contributed by atoms with Gasteiger partial charge in [0.15, 0.2) is 5.82 Å². The molecular weight excluding hydrogens is 520 g/mol. The van der Waals surface area contributed by atoms with Gasteiger partial charge >= 0.3 is 0 Å². The van der Waals surface area contributed by atoms with Crippen LogP contribution in [-0.4, -0.2) is 9.97 Å². The number of hydrogen-bond donors (Lipinski definition) is 0. The highest BCUT2D eigenvalue weighted by Crippen LogP contribution is 2.52. The van der Waals surface area contributed by atoms with Gasteiger partial charge in [0.25, 0.3) is 0 Å². The Morgan fingerprint density at radius 2 is 1.00 bits per heavy atom. The molecule has 1 aromatic heterocycles. The number of rotatable bonds is 4. The van der Waals surface area contributed by atoms with Crippen molar-refractivity contribution in [3.63, 3.8) is 0 Å². The summed E-state index contributed by atoms with van der Waals surface area (Å²) >= 11 is 0. The van der Waals surface area contributed by atoms with Crippen LogP contribution in [0.25, 0.3) is 66.9 Å². The third-order valence-electron chi connectivity index (χ3n) is 8.88. The van der Waals surface area contributed by atoms with E-state index in [1.54, 1.807) is 0 Å². The topological polar surface area (TPSA) is 25.8 Å². The zero-order valence-corrected chi connectivity index (χ0v) is 24.3. The minimum Gasteiger partial charge on any atom is -0.228 e. The van der Waals surface area contributed by atoms with Gasteiger partial charge < -0.3 is 0 Å². The molecule has 1 aliphatic carbocycles. The Labute approximate surface area is 252 Å². The van der Waals surface area contributed by atoms with Crippen LogP contribution in [0.15, 0.2) is 146 Å². The Kier molecular flexibility index (Phi) is 5.84. The number of benzene rings is 6. The van der Waals surface area contributed by atoms with Gasteiger partial charge in [-0.25, -0.2) is 9.97 Å². The van der Waals surface area contributed by atoms with Crippen molar-refractivity contribution in [3.8, 4) is 56.0 Å². The van der Waals surface area contributed by atoms with Gasteiger partial charge in [0.2, 0.25) is 0 Å². The van der Waals surface area contributed by atoms with E-state index in [1.165, 1.54) is 38.9 Å². The molecule has 0 atom stereocenters. The van der Waals surface area contributed by atoms with Crippen LogP contribution < -0.4 is 0 Å². The maximum Gasteiger partial charge on any atom is 0.160 e. The first kappa shape index (κ1) is 25.4. The van der Waals surface area contributed by atoms with E-state index in [2.05, 4.69) is 159 Å². The third-order valence-corrected chi connectivity index (χ3v) is 8.88. The highest BCUT2D eigenvalue weighted by Gasteiger charge is 2.37. The lowest BCUT2D eigenvalue weighted by Gasteiger charge is -2.21. The van der Waals surface area contributed by atoms with Crippen LogP contribution in [0.2, 0.25) is 0 Å². The molecule has 7 aromatic rings. The van der Waals surface area contributed by atoms with Crippen molar-refractivity contribution in [1.29, 1.82) is 0 Å². The van der Waals surface area contributed by atoms with Crippen molar-refractivity contribution in [1.82, 2.24) is 9.97 Å². The molecule has 0 saturated carbocycles. The largest absolute Gasteiger partial charge is 0.228 e. The molecule has 0 spiro atoms. The molecule has 0 radical (unpaired) electrons. The summed E-state index contributed by atoms with van der Waals surface area (Å²) in [4.78, 5) is 10.5. The first-order chi connectivity index (χ1) is 21.1. The smallest absolute Gasteiger partial charge is 0.160 e. The number of nitrogens with zero attached hydrogens (tertiary/aromatic N) is 2. The summed E-state index contributed by atoms with van der Waals surface area (Å²) in [6.07, 6.45) is 0. The minimum atomic E-state index is -0.0879. The van der Waals surface area contributed by atoms with E-state index in [9.17, 15) is 0 Å². The molecule has 0 fully saturated rings. The van der Waals surface area contributed by atoms with Crippen LogP contribution in [-0.2, 0) is 5.41 Å². The molecule has 0 saturated heterocycles. The van der Waals surface area contributed by atoms with Crippen LogP contribution in [0.1, 0.15) is 25.0 Å². The molecule has 1 heterocycles. The molecule has 2 heteroatoms. The van der Waals surface area contributed by atoms with Gasteiger partial charge in [-0.1, -0.05) is 141 Å². The Morgan fingerprint density at radius 3 is 1.72 bits per heavy atom. The highest BCUT2D eigenvalue weighted by molar-refractivity contribution is 6.08. The van der Waals surface area contributed by atoms with E-state index in [-0.39, 0.29) is 5.41 Å². The summed E-state index contributed by atoms with van der Waals surface area (Å²) in [5.74, 6) is 0.734. The van der Waals surface area contributed by atoms with E-state index in [1.807, 2.05) is 0 Å². The Hall–Kier alpha value is -5.34. The van der Waals surface area contributed by atoms with Crippen molar-refractivity contribution >= 4 is 10.9 Å². The lowest BCUT2D eigenvalue weighted by Crippen LogP contribution is -2.14. The van der Waals surface area contributed by atoms with Gasteiger partial charge in [-0.05, 0) is 62.7 Å². The summed E-state index contributed by atoms with van der Waals surface area (Å²) in [7, 11) is 0. The summed E-state index contributed by atoms with van der Waals surface area (Å²) in [5, 5.41) is 1.12. The molecular formula is C41H30N2. The Bertz CT molecular complexity index is 2140. The van der Waals surface area contributed by atoms with E-state index >= 15 is 0 Å². The van der Waals surface area contributed by atoms with Crippen molar-refractivity contribution in [3.05, 3.63) is 157 Å². The zero-order chi connectivity index (χ0) is 29.0. The normalized spacial score (nSPS) is 13.1. The quantitative estimate of drug-likeness (QED) is 0.218. The van der Waals surface area contributed by atoms with E-state index in [0.29, 0.717) is 0 Å². The van der Waals surface area contributed by atoms with Gasteiger partial charge in [0.05, 0.1) is 11.2 Å². The molecule has 6 aromatic carbocycles. The van der Waals surface area contributed by atoms with Crippen LogP contribution in [0.3, 0.4) is 0 Å². The molecule has 1 aliphatic rings. The maximum absolute atomic E-state index is 5.33. The molecule has 0 unspecified atom stereocenters. The molecule has 0 N–H and O–H groups in total. The van der Waals surface area contributed by atoms with Gasteiger partial charge in [-0.15, -0.1) is 0 Å². The monoisotopic (exact) mass is 550 g/mol. The Balaban J connectivity index is 1.32. The fourth-order valence-corrected chi connectivity index (χ4v) is 6.70. The first-order valence-electron chi connectivity index (χ1n) is 14.8. The summed E-state index contributed by atoms with van der Waals surface area (Å²) < 4.78 is 0. The predicted octanol–water partition coefficient (Wildman–Crippen LogP) is 10.6. The van der Waals surface area contributed by atoms with Crippen molar-refractivity contribution < 1.29 is 0 Å². The maximum atomic E-state index is 5.33. The SMILES string of the molecule is CC1(C)c2ccccc2-c2c1ccc1nc(-c3cccc(-c4cccc(-c5ccccc5)c4)c3)nc(-c3ccccc3)c21. The van der Waals surface area contributed by atoms with Gasteiger partial charge in [0.1, 0.15) is 0 Å².